The molecule has 0 saturated carbocycles. The van der Waals surface area contributed by atoms with Gasteiger partial charge in [-0.2, -0.15) is 0 Å². The van der Waals surface area contributed by atoms with Gasteiger partial charge in [-0.15, -0.1) is 0 Å². The molecule has 0 heterocycles. The third-order valence-electron chi connectivity index (χ3n) is 1.02. The molecule has 0 rings (SSSR count). The summed E-state index contributed by atoms with van der Waals surface area (Å²) in [7, 11) is 3.38. The van der Waals surface area contributed by atoms with E-state index in [1.165, 1.54) is 11.0 Å². The number of carbonyl (C=O) groups excluding carboxylic acids is 1. The molecular formula is C7H12N2O. The average Bonchev–Trinajstić information content (AvgIpc) is 1.87. The van der Waals surface area contributed by atoms with Gasteiger partial charge in [0.15, 0.2) is 0 Å². The first-order valence-corrected chi connectivity index (χ1v) is 2.94. The molecule has 0 bridgehead atoms. The van der Waals surface area contributed by atoms with Crippen LogP contribution in [-0.4, -0.2) is 31.6 Å². The number of carbonyl (C=O) groups is 1. The Hall–Kier alpha value is -1.12. The highest BCUT2D eigenvalue weighted by Gasteiger charge is 1.97. The van der Waals surface area contributed by atoms with Crippen LogP contribution in [0.5, 0.6) is 0 Å². The van der Waals surface area contributed by atoms with Crippen LogP contribution in [0.3, 0.4) is 0 Å². The molecule has 56 valence electrons. The lowest BCUT2D eigenvalue weighted by atomic mass is 10.4. The lowest BCUT2D eigenvalue weighted by molar-refractivity contribution is -0.123. The van der Waals surface area contributed by atoms with Crippen LogP contribution >= 0.6 is 0 Å². The molecule has 0 aliphatic heterocycles. The number of nitrogens with zero attached hydrogens (tertiary/aromatic N) is 2. The van der Waals surface area contributed by atoms with Gasteiger partial charge >= 0.3 is 0 Å². The Labute approximate surface area is 61.1 Å². The van der Waals surface area contributed by atoms with Crippen molar-refractivity contribution in [2.45, 2.75) is 6.92 Å². The summed E-state index contributed by atoms with van der Waals surface area (Å²) in [5.74, 6) is -0.0649. The van der Waals surface area contributed by atoms with Gasteiger partial charge in [-0.3, -0.25) is 9.79 Å². The fourth-order valence-corrected chi connectivity index (χ4v) is 0.353. The number of likely N-dealkylation sites (N-methyl/N-ethyl adjacent to an activating group) is 1. The Bertz CT molecular complexity index is 170. The summed E-state index contributed by atoms with van der Waals surface area (Å²) in [6.07, 6.45) is 1.44. The predicted molar refractivity (Wildman–Crippen MR) is 42.0 cm³/mol. The van der Waals surface area contributed by atoms with Crippen molar-refractivity contribution in [3.05, 3.63) is 11.8 Å². The standard InChI is InChI=1S/C7H12N2O/c1-6(8-2)5-7(10)9(3)4/h5H,2H2,1,3-4H3/b6-5-. The van der Waals surface area contributed by atoms with E-state index in [2.05, 4.69) is 11.7 Å². The van der Waals surface area contributed by atoms with Crippen molar-refractivity contribution >= 4 is 12.6 Å². The fourth-order valence-electron chi connectivity index (χ4n) is 0.353. The Morgan fingerprint density at radius 1 is 1.60 bits per heavy atom. The van der Waals surface area contributed by atoms with Crippen molar-refractivity contribution in [3.63, 3.8) is 0 Å². The van der Waals surface area contributed by atoms with Gasteiger partial charge in [0.25, 0.3) is 0 Å². The van der Waals surface area contributed by atoms with Crippen molar-refractivity contribution in [3.8, 4) is 0 Å². The molecule has 0 radical (unpaired) electrons. The largest absolute Gasteiger partial charge is 0.345 e. The van der Waals surface area contributed by atoms with Crippen molar-refractivity contribution in [1.29, 1.82) is 0 Å². The van der Waals surface area contributed by atoms with Gasteiger partial charge in [0.1, 0.15) is 0 Å². The fraction of sp³-hybridized carbons (Fsp3) is 0.429. The molecule has 0 aliphatic carbocycles. The third-order valence-corrected chi connectivity index (χ3v) is 1.02. The van der Waals surface area contributed by atoms with Crippen molar-refractivity contribution in [2.75, 3.05) is 14.1 Å². The van der Waals surface area contributed by atoms with E-state index in [0.717, 1.165) is 0 Å². The zero-order chi connectivity index (χ0) is 8.15. The highest BCUT2D eigenvalue weighted by atomic mass is 16.2. The van der Waals surface area contributed by atoms with Crippen LogP contribution in [0.2, 0.25) is 0 Å². The summed E-state index contributed by atoms with van der Waals surface area (Å²) in [6.45, 7) is 5.01. The van der Waals surface area contributed by atoms with Gasteiger partial charge in [-0.05, 0) is 13.6 Å². The Morgan fingerprint density at radius 3 is 2.40 bits per heavy atom. The van der Waals surface area contributed by atoms with Gasteiger partial charge in [-0.1, -0.05) is 0 Å². The van der Waals surface area contributed by atoms with Crippen molar-refractivity contribution in [1.82, 2.24) is 4.90 Å². The second-order valence-electron chi connectivity index (χ2n) is 2.18. The van der Waals surface area contributed by atoms with Gasteiger partial charge in [0, 0.05) is 25.9 Å². The molecular weight excluding hydrogens is 128 g/mol. The van der Waals surface area contributed by atoms with E-state index in [0.29, 0.717) is 5.70 Å². The van der Waals surface area contributed by atoms with Crippen LogP contribution in [-0.2, 0) is 4.79 Å². The topological polar surface area (TPSA) is 32.7 Å². The summed E-state index contributed by atoms with van der Waals surface area (Å²) in [4.78, 5) is 15.9. The van der Waals surface area contributed by atoms with E-state index in [4.69, 9.17) is 0 Å². The molecule has 0 aliphatic rings. The maximum atomic E-state index is 10.9. The van der Waals surface area contributed by atoms with Gasteiger partial charge in [-0.25, -0.2) is 0 Å². The molecule has 0 aromatic heterocycles. The Morgan fingerprint density at radius 2 is 2.10 bits per heavy atom. The Balaban J connectivity index is 4.13. The quantitative estimate of drug-likeness (QED) is 0.410. The van der Waals surface area contributed by atoms with Crippen LogP contribution in [0.4, 0.5) is 0 Å². The predicted octanol–water partition coefficient (Wildman–Crippen LogP) is 0.679. The molecule has 0 spiro atoms. The molecule has 0 N–H and O–H groups in total. The average molecular weight is 140 g/mol. The lowest BCUT2D eigenvalue weighted by Crippen LogP contribution is -2.19. The molecule has 3 nitrogen and oxygen atoms in total. The molecule has 0 atom stereocenters. The Kier molecular flexibility index (Phi) is 3.39. The second-order valence-corrected chi connectivity index (χ2v) is 2.18. The highest BCUT2D eigenvalue weighted by molar-refractivity contribution is 5.87. The number of rotatable bonds is 2. The second kappa shape index (κ2) is 3.82. The first-order valence-electron chi connectivity index (χ1n) is 2.94. The van der Waals surface area contributed by atoms with E-state index in [1.807, 2.05) is 0 Å². The number of hydrogen-bond donors (Lipinski definition) is 0. The monoisotopic (exact) mass is 140 g/mol. The summed E-state index contributed by atoms with van der Waals surface area (Å²) in [6, 6.07) is 0. The first-order chi connectivity index (χ1) is 4.57. The minimum Gasteiger partial charge on any atom is -0.345 e. The number of hydrogen-bond acceptors (Lipinski definition) is 2. The van der Waals surface area contributed by atoms with Crippen LogP contribution in [0.1, 0.15) is 6.92 Å². The van der Waals surface area contributed by atoms with Crippen LogP contribution in [0, 0.1) is 0 Å². The number of allylic oxidation sites excluding steroid dienone is 1. The summed E-state index contributed by atoms with van der Waals surface area (Å²) in [5.41, 5.74) is 0.638. The molecule has 1 amide bonds. The molecule has 0 saturated heterocycles. The molecule has 0 aromatic carbocycles. The zero-order valence-corrected chi connectivity index (χ0v) is 6.59. The number of amides is 1. The van der Waals surface area contributed by atoms with E-state index in [-0.39, 0.29) is 5.91 Å². The molecule has 10 heavy (non-hydrogen) atoms. The van der Waals surface area contributed by atoms with Gasteiger partial charge in [0.2, 0.25) is 5.91 Å². The minimum absolute atomic E-state index is 0.0649. The van der Waals surface area contributed by atoms with Gasteiger partial charge < -0.3 is 4.90 Å². The smallest absolute Gasteiger partial charge is 0.247 e. The molecule has 0 aromatic rings. The molecule has 0 fully saturated rings. The maximum absolute atomic E-state index is 10.9. The maximum Gasteiger partial charge on any atom is 0.247 e. The van der Waals surface area contributed by atoms with Crippen LogP contribution < -0.4 is 0 Å². The van der Waals surface area contributed by atoms with E-state index in [1.54, 1.807) is 21.0 Å². The zero-order valence-electron chi connectivity index (χ0n) is 6.59. The molecule has 3 heteroatoms. The van der Waals surface area contributed by atoms with E-state index < -0.39 is 0 Å². The van der Waals surface area contributed by atoms with Crippen LogP contribution in [0.25, 0.3) is 0 Å². The lowest BCUT2D eigenvalue weighted by Gasteiger charge is -2.05. The molecule has 0 unspecified atom stereocenters. The van der Waals surface area contributed by atoms with E-state index >= 15 is 0 Å². The van der Waals surface area contributed by atoms with Crippen LogP contribution in [0.15, 0.2) is 16.8 Å². The SMILES string of the molecule is C=N/C(C)=C\C(=O)N(C)C. The number of aliphatic imine (C=N–C) groups is 1. The van der Waals surface area contributed by atoms with Crippen molar-refractivity contribution in [2.24, 2.45) is 4.99 Å². The normalized spacial score (nSPS) is 10.9. The highest BCUT2D eigenvalue weighted by Crippen LogP contribution is 1.93. The summed E-state index contributed by atoms with van der Waals surface area (Å²) < 4.78 is 0. The summed E-state index contributed by atoms with van der Waals surface area (Å²) in [5, 5.41) is 0. The van der Waals surface area contributed by atoms with E-state index in [9.17, 15) is 4.79 Å². The van der Waals surface area contributed by atoms with Crippen molar-refractivity contribution < 1.29 is 4.79 Å². The third kappa shape index (κ3) is 3.02. The minimum atomic E-state index is -0.0649. The first kappa shape index (κ1) is 8.88. The summed E-state index contributed by atoms with van der Waals surface area (Å²) >= 11 is 0. The van der Waals surface area contributed by atoms with Gasteiger partial charge in [0.05, 0.1) is 0 Å².